The molecule has 0 saturated heterocycles. The van der Waals surface area contributed by atoms with Gasteiger partial charge in [-0.05, 0) is 42.2 Å². The summed E-state index contributed by atoms with van der Waals surface area (Å²) in [5.74, 6) is -1.37. The van der Waals surface area contributed by atoms with Crippen LogP contribution in [-0.2, 0) is 16.0 Å². The highest BCUT2D eigenvalue weighted by molar-refractivity contribution is 7.14. The minimum absolute atomic E-state index is 0.154. The molecular weight excluding hydrogens is 429 g/mol. The van der Waals surface area contributed by atoms with Gasteiger partial charge in [-0.2, -0.15) is 0 Å². The molecule has 0 aliphatic heterocycles. The molecule has 1 heterocycles. The van der Waals surface area contributed by atoms with Gasteiger partial charge in [-0.25, -0.2) is 9.37 Å². The number of halogens is 1. The van der Waals surface area contributed by atoms with Crippen LogP contribution < -0.4 is 10.6 Å². The van der Waals surface area contributed by atoms with Crippen molar-refractivity contribution in [2.45, 2.75) is 26.3 Å². The van der Waals surface area contributed by atoms with Gasteiger partial charge in [-0.3, -0.25) is 9.59 Å². The second-order valence-electron chi connectivity index (χ2n) is 7.67. The fraction of sp³-hybridized carbons (Fsp3) is 0.292. The van der Waals surface area contributed by atoms with Crippen LogP contribution in [0.2, 0.25) is 0 Å². The smallest absolute Gasteiger partial charge is 0.251 e. The summed E-state index contributed by atoms with van der Waals surface area (Å²) in [6.07, 6.45) is 0.843. The first-order valence-electron chi connectivity index (χ1n) is 10.3. The molecule has 3 rings (SSSR count). The van der Waals surface area contributed by atoms with Crippen molar-refractivity contribution in [3.8, 4) is 11.3 Å². The third-order valence-electron chi connectivity index (χ3n) is 4.92. The molecule has 0 spiro atoms. The van der Waals surface area contributed by atoms with Gasteiger partial charge in [0.1, 0.15) is 11.9 Å². The van der Waals surface area contributed by atoms with E-state index in [1.54, 1.807) is 7.11 Å². The van der Waals surface area contributed by atoms with Crippen molar-refractivity contribution in [1.82, 2.24) is 10.3 Å². The molecule has 2 N–H and O–H groups in total. The Kier molecular flexibility index (Phi) is 8.08. The van der Waals surface area contributed by atoms with Crippen LogP contribution >= 0.6 is 11.3 Å². The quantitative estimate of drug-likeness (QED) is 0.497. The Morgan fingerprint density at radius 1 is 1.09 bits per heavy atom. The number of rotatable bonds is 9. The number of anilines is 1. The molecule has 32 heavy (non-hydrogen) atoms. The van der Waals surface area contributed by atoms with E-state index < -0.39 is 17.8 Å². The molecule has 1 aromatic heterocycles. The first-order valence-corrected chi connectivity index (χ1v) is 11.2. The van der Waals surface area contributed by atoms with E-state index in [-0.39, 0.29) is 17.4 Å². The number of carbonyl (C=O) groups is 2. The van der Waals surface area contributed by atoms with Crippen molar-refractivity contribution in [1.29, 1.82) is 0 Å². The number of benzene rings is 2. The van der Waals surface area contributed by atoms with Crippen LogP contribution in [-0.4, -0.2) is 36.6 Å². The number of hydrogen-bond donors (Lipinski definition) is 2. The molecule has 3 aromatic rings. The zero-order chi connectivity index (χ0) is 23.1. The lowest BCUT2D eigenvalue weighted by atomic mass is 10.0. The van der Waals surface area contributed by atoms with Crippen molar-refractivity contribution in [3.05, 3.63) is 70.9 Å². The van der Waals surface area contributed by atoms with Gasteiger partial charge in [-0.1, -0.05) is 38.1 Å². The topological polar surface area (TPSA) is 80.3 Å². The molecule has 6 nitrogen and oxygen atoms in total. The van der Waals surface area contributed by atoms with E-state index in [9.17, 15) is 14.0 Å². The van der Waals surface area contributed by atoms with Gasteiger partial charge >= 0.3 is 0 Å². The summed E-state index contributed by atoms with van der Waals surface area (Å²) in [6.45, 7) is 4.35. The number of nitrogens with zero attached hydrogens (tertiary/aromatic N) is 1. The fourth-order valence-corrected chi connectivity index (χ4v) is 3.79. The molecule has 0 radical (unpaired) electrons. The van der Waals surface area contributed by atoms with Gasteiger partial charge in [-0.15, -0.1) is 11.3 Å². The third kappa shape index (κ3) is 6.21. The molecule has 1 atom stereocenters. The largest absolute Gasteiger partial charge is 0.384 e. The van der Waals surface area contributed by atoms with Gasteiger partial charge in [0.25, 0.3) is 5.91 Å². The zero-order valence-electron chi connectivity index (χ0n) is 18.2. The molecule has 2 aromatic carbocycles. The van der Waals surface area contributed by atoms with Crippen molar-refractivity contribution in [2.75, 3.05) is 19.0 Å². The maximum absolute atomic E-state index is 13.1. The summed E-state index contributed by atoms with van der Waals surface area (Å²) < 4.78 is 18.2. The van der Waals surface area contributed by atoms with Gasteiger partial charge in [0.05, 0.1) is 12.3 Å². The number of ether oxygens (including phenoxy) is 1. The summed E-state index contributed by atoms with van der Waals surface area (Å²) >= 11 is 1.32. The van der Waals surface area contributed by atoms with Crippen LogP contribution in [0.3, 0.4) is 0 Å². The van der Waals surface area contributed by atoms with Crippen LogP contribution in [0.5, 0.6) is 0 Å². The first-order chi connectivity index (χ1) is 15.4. The number of methoxy groups -OCH3 is 1. The van der Waals surface area contributed by atoms with Gasteiger partial charge in [0.2, 0.25) is 5.91 Å². The highest BCUT2D eigenvalue weighted by atomic mass is 32.1. The lowest BCUT2D eigenvalue weighted by Gasteiger charge is -2.21. The fourth-order valence-electron chi connectivity index (χ4n) is 3.07. The van der Waals surface area contributed by atoms with E-state index >= 15 is 0 Å². The van der Waals surface area contributed by atoms with E-state index in [0.717, 1.165) is 17.7 Å². The van der Waals surface area contributed by atoms with Gasteiger partial charge in [0, 0.05) is 23.6 Å². The Hall–Kier alpha value is -3.10. The summed E-state index contributed by atoms with van der Waals surface area (Å²) in [5.41, 5.74) is 3.18. The predicted octanol–water partition coefficient (Wildman–Crippen LogP) is 4.53. The van der Waals surface area contributed by atoms with Crippen LogP contribution in [0, 0.1) is 11.7 Å². The Morgan fingerprint density at radius 3 is 2.41 bits per heavy atom. The minimum Gasteiger partial charge on any atom is -0.384 e. The summed E-state index contributed by atoms with van der Waals surface area (Å²) in [6, 6.07) is 12.5. The average Bonchev–Trinajstić information content (AvgIpc) is 3.24. The SMILES string of the molecule is COCCc1ccc(-c2csc(NC(=O)C(NC(=O)c3ccc(F)cc3)C(C)C)n2)cc1. The molecule has 1 unspecified atom stereocenters. The maximum Gasteiger partial charge on any atom is 0.251 e. The van der Waals surface area contributed by atoms with E-state index in [2.05, 4.69) is 15.6 Å². The second-order valence-corrected chi connectivity index (χ2v) is 8.53. The summed E-state index contributed by atoms with van der Waals surface area (Å²) in [4.78, 5) is 29.8. The number of hydrogen-bond acceptors (Lipinski definition) is 5. The molecule has 0 fully saturated rings. The highest BCUT2D eigenvalue weighted by Gasteiger charge is 2.25. The van der Waals surface area contributed by atoms with E-state index in [0.29, 0.717) is 11.7 Å². The normalized spacial score (nSPS) is 11.9. The first kappa shape index (κ1) is 23.6. The number of aromatic nitrogens is 1. The van der Waals surface area contributed by atoms with Crippen LogP contribution in [0.15, 0.2) is 53.9 Å². The third-order valence-corrected chi connectivity index (χ3v) is 5.68. The number of carbonyl (C=O) groups excluding carboxylic acids is 2. The summed E-state index contributed by atoms with van der Waals surface area (Å²) in [5, 5.41) is 7.85. The average molecular weight is 456 g/mol. The van der Waals surface area contributed by atoms with Gasteiger partial charge in [0.15, 0.2) is 5.13 Å². The van der Waals surface area contributed by atoms with Crippen molar-refractivity contribution < 1.29 is 18.7 Å². The molecule has 0 aliphatic carbocycles. The molecule has 0 saturated carbocycles. The predicted molar refractivity (Wildman–Crippen MR) is 124 cm³/mol. The molecule has 0 bridgehead atoms. The number of thiazole rings is 1. The molecule has 168 valence electrons. The lowest BCUT2D eigenvalue weighted by Crippen LogP contribution is -2.47. The van der Waals surface area contributed by atoms with Crippen molar-refractivity contribution in [3.63, 3.8) is 0 Å². The molecule has 2 amide bonds. The van der Waals surface area contributed by atoms with Crippen LogP contribution in [0.4, 0.5) is 9.52 Å². The number of nitrogens with one attached hydrogen (secondary N) is 2. The van der Waals surface area contributed by atoms with Crippen LogP contribution in [0.25, 0.3) is 11.3 Å². The van der Waals surface area contributed by atoms with Crippen LogP contribution in [0.1, 0.15) is 29.8 Å². The molecule has 0 aliphatic rings. The maximum atomic E-state index is 13.1. The zero-order valence-corrected chi connectivity index (χ0v) is 19.0. The summed E-state index contributed by atoms with van der Waals surface area (Å²) in [7, 11) is 1.68. The monoisotopic (exact) mass is 455 g/mol. The molecule has 8 heteroatoms. The van der Waals surface area contributed by atoms with E-state index in [1.165, 1.54) is 41.2 Å². The van der Waals surface area contributed by atoms with E-state index in [1.807, 2.05) is 43.5 Å². The minimum atomic E-state index is -0.764. The highest BCUT2D eigenvalue weighted by Crippen LogP contribution is 2.25. The standard InChI is InChI=1S/C24H26FN3O3S/c1-15(2)21(27-22(29)18-8-10-19(25)11-9-18)23(30)28-24-26-20(14-32-24)17-6-4-16(5-7-17)12-13-31-3/h4-11,14-15,21H,12-13H2,1-3H3,(H,27,29)(H,26,28,30). The van der Waals surface area contributed by atoms with Gasteiger partial charge < -0.3 is 15.4 Å². The Bertz CT molecular complexity index is 1050. The van der Waals surface area contributed by atoms with Crippen molar-refractivity contribution in [2.24, 2.45) is 5.92 Å². The number of amides is 2. The lowest BCUT2D eigenvalue weighted by molar-refractivity contribution is -0.118. The Labute approximate surface area is 190 Å². The van der Waals surface area contributed by atoms with E-state index in [4.69, 9.17) is 4.74 Å². The second kappa shape index (κ2) is 11.0. The Balaban J connectivity index is 1.65. The molecular formula is C24H26FN3O3S. The van der Waals surface area contributed by atoms with Crippen molar-refractivity contribution >= 4 is 28.3 Å². The Morgan fingerprint density at radius 2 is 1.78 bits per heavy atom.